The molecule has 1 heterocycles. The standard InChI is InChI=1S/C8H16N2O2/c11-6-2-1-4-10-5-3-9-7-8(10)12/h9,11H,1-7H2. The summed E-state index contributed by atoms with van der Waals surface area (Å²) in [5, 5.41) is 11.6. The molecule has 4 nitrogen and oxygen atoms in total. The first-order chi connectivity index (χ1) is 5.84. The molecule has 0 unspecified atom stereocenters. The van der Waals surface area contributed by atoms with Gasteiger partial charge >= 0.3 is 0 Å². The molecule has 0 radical (unpaired) electrons. The van der Waals surface area contributed by atoms with Crippen LogP contribution in [0.25, 0.3) is 0 Å². The van der Waals surface area contributed by atoms with Gasteiger partial charge in [-0.2, -0.15) is 0 Å². The second-order valence-electron chi connectivity index (χ2n) is 2.99. The minimum Gasteiger partial charge on any atom is -0.396 e. The first kappa shape index (κ1) is 9.48. The Morgan fingerprint density at radius 1 is 1.50 bits per heavy atom. The van der Waals surface area contributed by atoms with Gasteiger partial charge in [-0.3, -0.25) is 4.79 Å². The highest BCUT2D eigenvalue weighted by molar-refractivity contribution is 5.78. The van der Waals surface area contributed by atoms with Gasteiger partial charge < -0.3 is 15.3 Å². The third-order valence-electron chi connectivity index (χ3n) is 2.02. The molecule has 0 aliphatic carbocycles. The molecule has 0 saturated carbocycles. The maximum Gasteiger partial charge on any atom is 0.236 e. The molecule has 12 heavy (non-hydrogen) atoms. The van der Waals surface area contributed by atoms with Crippen LogP contribution in [-0.2, 0) is 4.79 Å². The quantitative estimate of drug-likeness (QED) is 0.545. The second-order valence-corrected chi connectivity index (χ2v) is 2.99. The molecule has 1 rings (SSSR count). The number of rotatable bonds is 4. The number of aliphatic hydroxyl groups excluding tert-OH is 1. The molecular formula is C8H16N2O2. The summed E-state index contributed by atoms with van der Waals surface area (Å²) in [6.07, 6.45) is 1.69. The molecule has 4 heteroatoms. The van der Waals surface area contributed by atoms with Crippen molar-refractivity contribution in [1.29, 1.82) is 0 Å². The first-order valence-electron chi connectivity index (χ1n) is 4.44. The number of nitrogens with one attached hydrogen (secondary N) is 1. The van der Waals surface area contributed by atoms with Gasteiger partial charge in [0.1, 0.15) is 0 Å². The van der Waals surface area contributed by atoms with Crippen LogP contribution in [0.1, 0.15) is 12.8 Å². The zero-order valence-corrected chi connectivity index (χ0v) is 7.25. The van der Waals surface area contributed by atoms with E-state index in [-0.39, 0.29) is 12.5 Å². The second kappa shape index (κ2) is 5.11. The molecule has 1 saturated heterocycles. The van der Waals surface area contributed by atoms with E-state index in [1.807, 2.05) is 4.90 Å². The Kier molecular flexibility index (Phi) is 4.04. The van der Waals surface area contributed by atoms with E-state index in [9.17, 15) is 4.79 Å². The lowest BCUT2D eigenvalue weighted by atomic mass is 10.2. The minimum atomic E-state index is 0.180. The number of piperazine rings is 1. The topological polar surface area (TPSA) is 52.6 Å². The lowest BCUT2D eigenvalue weighted by Gasteiger charge is -2.27. The number of carbonyl (C=O) groups excluding carboxylic acids is 1. The molecule has 1 fully saturated rings. The van der Waals surface area contributed by atoms with Crippen molar-refractivity contribution in [2.24, 2.45) is 0 Å². The van der Waals surface area contributed by atoms with Crippen molar-refractivity contribution in [3.8, 4) is 0 Å². The fourth-order valence-corrected chi connectivity index (χ4v) is 1.30. The smallest absolute Gasteiger partial charge is 0.236 e. The van der Waals surface area contributed by atoms with Crippen molar-refractivity contribution >= 4 is 5.91 Å². The largest absolute Gasteiger partial charge is 0.396 e. The highest BCUT2D eigenvalue weighted by Gasteiger charge is 2.15. The van der Waals surface area contributed by atoms with Crippen molar-refractivity contribution in [2.75, 3.05) is 32.8 Å². The van der Waals surface area contributed by atoms with E-state index in [1.54, 1.807) is 0 Å². The van der Waals surface area contributed by atoms with Gasteiger partial charge in [0.25, 0.3) is 0 Å². The van der Waals surface area contributed by atoms with E-state index in [0.29, 0.717) is 6.54 Å². The highest BCUT2D eigenvalue weighted by Crippen LogP contribution is 1.97. The number of aliphatic hydroxyl groups is 1. The van der Waals surface area contributed by atoms with Crippen LogP contribution in [0.15, 0.2) is 0 Å². The summed E-state index contributed by atoms with van der Waals surface area (Å²) in [7, 11) is 0. The molecule has 1 aliphatic rings. The average Bonchev–Trinajstić information content (AvgIpc) is 2.09. The maximum absolute atomic E-state index is 11.2. The minimum absolute atomic E-state index is 0.180. The summed E-state index contributed by atoms with van der Waals surface area (Å²) in [5.41, 5.74) is 0. The number of hydrogen-bond donors (Lipinski definition) is 2. The Balaban J connectivity index is 2.16. The van der Waals surface area contributed by atoms with Gasteiger partial charge in [0.05, 0.1) is 6.54 Å². The van der Waals surface area contributed by atoms with Crippen molar-refractivity contribution in [3.63, 3.8) is 0 Å². The lowest BCUT2D eigenvalue weighted by Crippen LogP contribution is -2.48. The van der Waals surface area contributed by atoms with Crippen molar-refractivity contribution in [1.82, 2.24) is 10.2 Å². The third-order valence-corrected chi connectivity index (χ3v) is 2.02. The summed E-state index contributed by atoms with van der Waals surface area (Å²) < 4.78 is 0. The fraction of sp³-hybridized carbons (Fsp3) is 0.875. The van der Waals surface area contributed by atoms with Crippen LogP contribution in [0, 0.1) is 0 Å². The molecule has 0 aromatic carbocycles. The van der Waals surface area contributed by atoms with Crippen LogP contribution in [-0.4, -0.2) is 48.7 Å². The molecule has 0 aromatic heterocycles. The zero-order valence-electron chi connectivity index (χ0n) is 7.25. The van der Waals surface area contributed by atoms with Gasteiger partial charge in [-0.05, 0) is 12.8 Å². The van der Waals surface area contributed by atoms with Gasteiger partial charge in [0.2, 0.25) is 5.91 Å². The van der Waals surface area contributed by atoms with Gasteiger partial charge in [-0.1, -0.05) is 0 Å². The number of amides is 1. The number of carbonyl (C=O) groups is 1. The molecule has 1 amide bonds. The van der Waals surface area contributed by atoms with Crippen molar-refractivity contribution < 1.29 is 9.90 Å². The lowest BCUT2D eigenvalue weighted by molar-refractivity contribution is -0.132. The van der Waals surface area contributed by atoms with E-state index in [0.717, 1.165) is 32.5 Å². The Bertz CT molecular complexity index is 150. The maximum atomic E-state index is 11.2. The molecule has 0 bridgehead atoms. The van der Waals surface area contributed by atoms with Gasteiger partial charge in [0, 0.05) is 26.2 Å². The SMILES string of the molecule is O=C1CNCCN1CCCCO. The molecule has 0 aromatic rings. The molecule has 1 aliphatic heterocycles. The van der Waals surface area contributed by atoms with E-state index < -0.39 is 0 Å². The van der Waals surface area contributed by atoms with E-state index in [4.69, 9.17) is 5.11 Å². The Morgan fingerprint density at radius 3 is 3.00 bits per heavy atom. The average molecular weight is 172 g/mol. The van der Waals surface area contributed by atoms with Crippen LogP contribution < -0.4 is 5.32 Å². The predicted molar refractivity (Wildman–Crippen MR) is 45.8 cm³/mol. The third kappa shape index (κ3) is 2.79. The highest BCUT2D eigenvalue weighted by atomic mass is 16.3. The Labute approximate surface area is 72.6 Å². The van der Waals surface area contributed by atoms with Crippen LogP contribution in [0.2, 0.25) is 0 Å². The van der Waals surface area contributed by atoms with Crippen LogP contribution in [0.5, 0.6) is 0 Å². The number of unbranched alkanes of at least 4 members (excludes halogenated alkanes) is 1. The summed E-state index contributed by atoms with van der Waals surface area (Å²) in [4.78, 5) is 13.0. The van der Waals surface area contributed by atoms with Gasteiger partial charge in [-0.25, -0.2) is 0 Å². The van der Waals surface area contributed by atoms with Gasteiger partial charge in [0.15, 0.2) is 0 Å². The fourth-order valence-electron chi connectivity index (χ4n) is 1.30. The number of nitrogens with zero attached hydrogens (tertiary/aromatic N) is 1. The van der Waals surface area contributed by atoms with E-state index in [1.165, 1.54) is 0 Å². The molecule has 0 spiro atoms. The van der Waals surface area contributed by atoms with Crippen LogP contribution >= 0.6 is 0 Å². The molecule has 70 valence electrons. The Hall–Kier alpha value is -0.610. The van der Waals surface area contributed by atoms with E-state index in [2.05, 4.69) is 5.32 Å². The summed E-state index contributed by atoms with van der Waals surface area (Å²) in [5.74, 6) is 0.180. The summed E-state index contributed by atoms with van der Waals surface area (Å²) >= 11 is 0. The molecule has 0 atom stereocenters. The summed E-state index contributed by atoms with van der Waals surface area (Å²) in [6.45, 7) is 3.19. The normalized spacial score (nSPS) is 18.4. The van der Waals surface area contributed by atoms with Crippen LogP contribution in [0.4, 0.5) is 0 Å². The van der Waals surface area contributed by atoms with Crippen LogP contribution in [0.3, 0.4) is 0 Å². The number of hydrogen-bond acceptors (Lipinski definition) is 3. The van der Waals surface area contributed by atoms with E-state index >= 15 is 0 Å². The first-order valence-corrected chi connectivity index (χ1v) is 4.44. The monoisotopic (exact) mass is 172 g/mol. The predicted octanol–water partition coefficient (Wildman–Crippen LogP) is -0.809. The molecular weight excluding hydrogens is 156 g/mol. The van der Waals surface area contributed by atoms with Crippen molar-refractivity contribution in [3.05, 3.63) is 0 Å². The van der Waals surface area contributed by atoms with Crippen molar-refractivity contribution in [2.45, 2.75) is 12.8 Å². The Morgan fingerprint density at radius 2 is 2.33 bits per heavy atom. The molecule has 2 N–H and O–H groups in total. The zero-order chi connectivity index (χ0) is 8.81. The summed E-state index contributed by atoms with van der Waals surface area (Å²) in [6, 6.07) is 0. The van der Waals surface area contributed by atoms with Gasteiger partial charge in [-0.15, -0.1) is 0 Å².